The lowest BCUT2D eigenvalue weighted by molar-refractivity contribution is -0.119. The van der Waals surface area contributed by atoms with E-state index < -0.39 is 0 Å². The number of ketones is 1. The summed E-state index contributed by atoms with van der Waals surface area (Å²) >= 11 is 0. The number of para-hydroxylation sites is 1. The average Bonchev–Trinajstić information content (AvgIpc) is 2.68. The summed E-state index contributed by atoms with van der Waals surface area (Å²) in [5.41, 5.74) is 5.85. The second-order valence-corrected chi connectivity index (χ2v) is 7.90. The molecular weight excluding hydrogens is 348 g/mol. The van der Waals surface area contributed by atoms with Gasteiger partial charge in [-0.05, 0) is 49.1 Å². The van der Waals surface area contributed by atoms with Crippen molar-refractivity contribution in [3.8, 4) is 0 Å². The van der Waals surface area contributed by atoms with Gasteiger partial charge in [0.2, 0.25) is 5.91 Å². The van der Waals surface area contributed by atoms with Crippen LogP contribution in [0.2, 0.25) is 0 Å². The Bertz CT molecular complexity index is 957. The largest absolute Gasteiger partial charge is 0.378 e. The van der Waals surface area contributed by atoms with Gasteiger partial charge in [0.15, 0.2) is 5.78 Å². The van der Waals surface area contributed by atoms with Crippen molar-refractivity contribution in [2.75, 3.05) is 23.9 Å². The van der Waals surface area contributed by atoms with Crippen molar-refractivity contribution in [2.45, 2.75) is 38.5 Å². The molecule has 0 saturated carbocycles. The minimum Gasteiger partial charge on any atom is -0.378 e. The first-order valence-electron chi connectivity index (χ1n) is 9.89. The van der Waals surface area contributed by atoms with Gasteiger partial charge in [0.25, 0.3) is 0 Å². The molecule has 2 aliphatic rings. The maximum atomic E-state index is 13.2. The third-order valence-electron chi connectivity index (χ3n) is 5.84. The molecule has 1 amide bonds. The van der Waals surface area contributed by atoms with E-state index >= 15 is 0 Å². The average molecular weight is 374 g/mol. The predicted octanol–water partition coefficient (Wildman–Crippen LogP) is 4.59. The minimum atomic E-state index is -0.146. The Balaban J connectivity index is 1.82. The van der Waals surface area contributed by atoms with Crippen molar-refractivity contribution in [3.05, 3.63) is 70.9 Å². The molecule has 0 radical (unpaired) electrons. The molecule has 0 aromatic heterocycles. The topological polar surface area (TPSA) is 40.6 Å². The first kappa shape index (κ1) is 18.5. The van der Waals surface area contributed by atoms with Crippen LogP contribution < -0.4 is 9.80 Å². The Kier molecular flexibility index (Phi) is 4.80. The Morgan fingerprint density at radius 2 is 1.68 bits per heavy atom. The normalized spacial score (nSPS) is 19.7. The molecule has 2 aromatic carbocycles. The van der Waals surface area contributed by atoms with E-state index in [2.05, 4.69) is 24.3 Å². The molecule has 0 spiro atoms. The predicted molar refractivity (Wildman–Crippen MR) is 113 cm³/mol. The number of nitrogens with zero attached hydrogens (tertiary/aromatic N) is 2. The van der Waals surface area contributed by atoms with Crippen LogP contribution in [0.25, 0.3) is 0 Å². The lowest BCUT2D eigenvalue weighted by Crippen LogP contribution is -2.40. The fourth-order valence-electron chi connectivity index (χ4n) is 4.38. The van der Waals surface area contributed by atoms with Crippen LogP contribution in [0.1, 0.15) is 42.7 Å². The van der Waals surface area contributed by atoms with E-state index in [0.717, 1.165) is 46.6 Å². The molecule has 4 rings (SSSR count). The number of Topliss-reactive ketones (excluding diaryl/α,β-unsaturated/α-hetero) is 1. The molecule has 1 aliphatic carbocycles. The number of amides is 1. The first-order valence-corrected chi connectivity index (χ1v) is 9.89. The molecule has 144 valence electrons. The van der Waals surface area contributed by atoms with E-state index in [-0.39, 0.29) is 17.6 Å². The van der Waals surface area contributed by atoms with Crippen molar-refractivity contribution in [2.24, 2.45) is 0 Å². The number of benzene rings is 2. The highest BCUT2D eigenvalue weighted by Gasteiger charge is 2.39. The van der Waals surface area contributed by atoms with Gasteiger partial charge >= 0.3 is 0 Å². The van der Waals surface area contributed by atoms with E-state index in [9.17, 15) is 9.59 Å². The zero-order valence-corrected chi connectivity index (χ0v) is 16.7. The molecule has 0 bridgehead atoms. The van der Waals surface area contributed by atoms with Crippen LogP contribution in [-0.4, -0.2) is 25.8 Å². The van der Waals surface area contributed by atoms with Crippen molar-refractivity contribution in [1.82, 2.24) is 0 Å². The number of anilines is 2. The first-order chi connectivity index (χ1) is 13.5. The van der Waals surface area contributed by atoms with Crippen molar-refractivity contribution < 1.29 is 9.59 Å². The fourth-order valence-corrected chi connectivity index (χ4v) is 4.38. The summed E-state index contributed by atoms with van der Waals surface area (Å²) in [6.07, 6.45) is 2.48. The number of hydrogen-bond acceptors (Lipinski definition) is 3. The molecule has 4 heteroatoms. The van der Waals surface area contributed by atoms with E-state index in [1.807, 2.05) is 55.1 Å². The van der Waals surface area contributed by atoms with Gasteiger partial charge in [-0.2, -0.15) is 0 Å². The molecule has 0 fully saturated rings. The lowest BCUT2D eigenvalue weighted by atomic mass is 9.77. The van der Waals surface area contributed by atoms with Gasteiger partial charge in [-0.1, -0.05) is 30.3 Å². The van der Waals surface area contributed by atoms with Crippen LogP contribution in [0.5, 0.6) is 0 Å². The van der Waals surface area contributed by atoms with Crippen LogP contribution in [-0.2, 0) is 9.59 Å². The lowest BCUT2D eigenvalue weighted by Gasteiger charge is -2.39. The minimum absolute atomic E-state index is 0.0736. The number of allylic oxidation sites excluding steroid dienone is 2. The van der Waals surface area contributed by atoms with E-state index in [4.69, 9.17) is 0 Å². The zero-order valence-electron chi connectivity index (χ0n) is 16.7. The summed E-state index contributed by atoms with van der Waals surface area (Å²) in [6.45, 7) is 2.01. The second-order valence-electron chi connectivity index (χ2n) is 7.90. The Morgan fingerprint density at radius 1 is 0.964 bits per heavy atom. The van der Waals surface area contributed by atoms with Crippen molar-refractivity contribution in [3.63, 3.8) is 0 Å². The molecule has 1 unspecified atom stereocenters. The maximum Gasteiger partial charge on any atom is 0.232 e. The fraction of sp³-hybridized carbons (Fsp3) is 0.333. The van der Waals surface area contributed by atoms with Gasteiger partial charge in [-0.3, -0.25) is 14.5 Å². The molecule has 2 aromatic rings. The van der Waals surface area contributed by atoms with Crippen LogP contribution >= 0.6 is 0 Å². The molecular formula is C24H26N2O2. The summed E-state index contributed by atoms with van der Waals surface area (Å²) in [7, 11) is 4.01. The highest BCUT2D eigenvalue weighted by atomic mass is 16.2. The summed E-state index contributed by atoms with van der Waals surface area (Å²) in [6, 6.07) is 16.1. The van der Waals surface area contributed by atoms with Crippen molar-refractivity contribution >= 4 is 23.1 Å². The number of carbonyl (C=O) groups excluding carboxylic acids is 2. The summed E-state index contributed by atoms with van der Waals surface area (Å²) < 4.78 is 0. The number of aryl methyl sites for hydroxylation is 1. The van der Waals surface area contributed by atoms with Crippen LogP contribution in [0.3, 0.4) is 0 Å². The van der Waals surface area contributed by atoms with E-state index in [1.54, 1.807) is 0 Å². The highest BCUT2D eigenvalue weighted by molar-refractivity contribution is 6.07. The number of rotatable bonds is 3. The van der Waals surface area contributed by atoms with Crippen LogP contribution in [0, 0.1) is 6.92 Å². The molecule has 0 N–H and O–H groups in total. The van der Waals surface area contributed by atoms with Gasteiger partial charge in [0.1, 0.15) is 0 Å². The molecule has 0 saturated heterocycles. The van der Waals surface area contributed by atoms with Gasteiger partial charge in [-0.25, -0.2) is 0 Å². The number of carbonyl (C=O) groups is 2. The summed E-state index contributed by atoms with van der Waals surface area (Å²) in [5, 5.41) is 0. The Morgan fingerprint density at radius 3 is 2.36 bits per heavy atom. The SMILES string of the molecule is Cc1ccccc1N1C(=O)CC(c2ccc(N(C)C)cc2)C2=C1CCCC2=O. The van der Waals surface area contributed by atoms with Crippen molar-refractivity contribution in [1.29, 1.82) is 0 Å². The van der Waals surface area contributed by atoms with E-state index in [1.165, 1.54) is 0 Å². The molecule has 1 aliphatic heterocycles. The molecule has 4 nitrogen and oxygen atoms in total. The van der Waals surface area contributed by atoms with Crippen LogP contribution in [0.15, 0.2) is 59.8 Å². The van der Waals surface area contributed by atoms with Gasteiger partial charge < -0.3 is 4.90 Å². The molecule has 1 atom stereocenters. The van der Waals surface area contributed by atoms with E-state index in [0.29, 0.717) is 12.8 Å². The maximum absolute atomic E-state index is 13.2. The monoisotopic (exact) mass is 374 g/mol. The Hall–Kier alpha value is -2.88. The molecule has 1 heterocycles. The molecule has 28 heavy (non-hydrogen) atoms. The standard InChI is InChI=1S/C24H26N2O2/c1-16-7-4-5-8-20(16)26-21-9-6-10-22(27)24(21)19(15-23(26)28)17-11-13-18(14-12-17)25(2)3/h4-5,7-8,11-14,19H,6,9-10,15H2,1-3H3. The Labute approximate surface area is 166 Å². The quantitative estimate of drug-likeness (QED) is 0.789. The van der Waals surface area contributed by atoms with Crippen LogP contribution in [0.4, 0.5) is 11.4 Å². The third-order valence-corrected chi connectivity index (χ3v) is 5.84. The summed E-state index contributed by atoms with van der Waals surface area (Å²) in [4.78, 5) is 30.1. The smallest absolute Gasteiger partial charge is 0.232 e. The summed E-state index contributed by atoms with van der Waals surface area (Å²) in [5.74, 6) is 0.116. The third kappa shape index (κ3) is 3.13. The second kappa shape index (κ2) is 7.27. The van der Waals surface area contributed by atoms with Gasteiger partial charge in [-0.15, -0.1) is 0 Å². The van der Waals surface area contributed by atoms with Gasteiger partial charge in [0.05, 0.1) is 5.69 Å². The number of hydrogen-bond donors (Lipinski definition) is 0. The van der Waals surface area contributed by atoms with Gasteiger partial charge in [0, 0.05) is 49.8 Å². The highest BCUT2D eigenvalue weighted by Crippen LogP contribution is 2.44. The zero-order chi connectivity index (χ0) is 19.8.